The van der Waals surface area contributed by atoms with Crippen molar-refractivity contribution < 1.29 is 8.42 Å². The van der Waals surface area contributed by atoms with Crippen LogP contribution in [0.1, 0.15) is 24.3 Å². The van der Waals surface area contributed by atoms with Crippen molar-refractivity contribution >= 4 is 51.3 Å². The van der Waals surface area contributed by atoms with Gasteiger partial charge in [-0.15, -0.1) is 35.3 Å². The first-order chi connectivity index (χ1) is 9.63. The van der Waals surface area contributed by atoms with Crippen molar-refractivity contribution in [1.82, 2.24) is 15.4 Å². The third-order valence-electron chi connectivity index (χ3n) is 2.77. The molecule has 0 radical (unpaired) electrons. The summed E-state index contributed by atoms with van der Waals surface area (Å²) in [5.41, 5.74) is 0.659. The van der Waals surface area contributed by atoms with Crippen molar-refractivity contribution in [2.24, 2.45) is 4.99 Å². The Morgan fingerprint density at radius 1 is 1.36 bits per heavy atom. The topological polar surface area (TPSA) is 82.6 Å². The Morgan fingerprint density at radius 3 is 2.45 bits per heavy atom. The summed E-state index contributed by atoms with van der Waals surface area (Å²) in [4.78, 5) is 5.39. The van der Waals surface area contributed by atoms with Crippen LogP contribution < -0.4 is 15.4 Å². The molecule has 9 heteroatoms. The summed E-state index contributed by atoms with van der Waals surface area (Å²) >= 11 is 1.70. The molecule has 0 bridgehead atoms. The lowest BCUT2D eigenvalue weighted by Crippen LogP contribution is -2.52. The molecule has 0 fully saturated rings. The predicted molar refractivity (Wildman–Crippen MR) is 105 cm³/mol. The first kappa shape index (κ1) is 21.6. The Morgan fingerprint density at radius 2 is 2.00 bits per heavy atom. The van der Waals surface area contributed by atoms with E-state index in [1.54, 1.807) is 18.4 Å². The molecule has 6 nitrogen and oxygen atoms in total. The van der Waals surface area contributed by atoms with Crippen LogP contribution in [0.4, 0.5) is 0 Å². The maximum Gasteiger partial charge on any atom is 0.209 e. The minimum absolute atomic E-state index is 0. The molecule has 0 saturated carbocycles. The standard InChI is InChI=1S/C13H24N4O2S2.HI/c1-10-6-7-20-11(10)8-15-12(14-4)16-9-13(2,3)17-21(5,18)19;/h6-7,17H,8-9H2,1-5H3,(H2,14,15,16);1H. The summed E-state index contributed by atoms with van der Waals surface area (Å²) in [7, 11) is -1.55. The van der Waals surface area contributed by atoms with Crippen molar-refractivity contribution in [1.29, 1.82) is 0 Å². The number of nitrogens with zero attached hydrogens (tertiary/aromatic N) is 1. The second kappa shape index (κ2) is 9.04. The highest BCUT2D eigenvalue weighted by molar-refractivity contribution is 14.0. The van der Waals surface area contributed by atoms with Gasteiger partial charge < -0.3 is 10.6 Å². The molecular weight excluding hydrogens is 435 g/mol. The lowest BCUT2D eigenvalue weighted by Gasteiger charge is -2.26. The monoisotopic (exact) mass is 460 g/mol. The third kappa shape index (κ3) is 8.30. The van der Waals surface area contributed by atoms with E-state index < -0.39 is 15.6 Å². The van der Waals surface area contributed by atoms with Gasteiger partial charge in [-0.2, -0.15) is 0 Å². The van der Waals surface area contributed by atoms with Gasteiger partial charge in [0, 0.05) is 24.0 Å². The molecule has 0 atom stereocenters. The third-order valence-corrected chi connectivity index (χ3v) is 4.71. The zero-order chi connectivity index (χ0) is 16.1. The second-order valence-corrected chi connectivity index (χ2v) is 8.31. The van der Waals surface area contributed by atoms with Crippen molar-refractivity contribution in [3.63, 3.8) is 0 Å². The van der Waals surface area contributed by atoms with Gasteiger partial charge in [0.25, 0.3) is 0 Å². The van der Waals surface area contributed by atoms with Crippen LogP contribution in [0.3, 0.4) is 0 Å². The van der Waals surface area contributed by atoms with Gasteiger partial charge in [-0.3, -0.25) is 4.99 Å². The molecule has 0 saturated heterocycles. The van der Waals surface area contributed by atoms with Crippen LogP contribution in [0.15, 0.2) is 16.4 Å². The number of rotatable bonds is 6. The van der Waals surface area contributed by atoms with Crippen LogP contribution >= 0.6 is 35.3 Å². The van der Waals surface area contributed by atoms with Crippen molar-refractivity contribution in [3.05, 3.63) is 21.9 Å². The summed E-state index contributed by atoms with van der Waals surface area (Å²) in [6.07, 6.45) is 1.15. The van der Waals surface area contributed by atoms with E-state index in [9.17, 15) is 8.42 Å². The molecule has 0 spiro atoms. The van der Waals surface area contributed by atoms with E-state index in [1.165, 1.54) is 10.4 Å². The molecule has 0 aliphatic carbocycles. The molecule has 1 heterocycles. The van der Waals surface area contributed by atoms with Crippen LogP contribution in [0, 0.1) is 6.92 Å². The average molecular weight is 460 g/mol. The van der Waals surface area contributed by atoms with Gasteiger partial charge in [0.1, 0.15) is 0 Å². The molecule has 22 heavy (non-hydrogen) atoms. The Hall–Kier alpha value is -0.390. The van der Waals surface area contributed by atoms with Crippen molar-refractivity contribution in [2.75, 3.05) is 19.8 Å². The highest BCUT2D eigenvalue weighted by atomic mass is 127. The number of aliphatic imine (C=N–C) groups is 1. The number of aryl methyl sites for hydroxylation is 1. The maximum atomic E-state index is 11.3. The molecule has 1 rings (SSSR count). The summed E-state index contributed by atoms with van der Waals surface area (Å²) in [6.45, 7) is 6.84. The number of thiophene rings is 1. The number of guanidine groups is 1. The molecule has 0 aromatic carbocycles. The summed E-state index contributed by atoms with van der Waals surface area (Å²) in [5, 5.41) is 8.41. The zero-order valence-corrected chi connectivity index (χ0v) is 17.5. The Labute approximate surface area is 154 Å². The second-order valence-electron chi connectivity index (χ2n) is 5.56. The molecule has 128 valence electrons. The summed E-state index contributed by atoms with van der Waals surface area (Å²) in [5.74, 6) is 0.645. The smallest absolute Gasteiger partial charge is 0.209 e. The Bertz CT molecular complexity index is 597. The number of halogens is 1. The van der Waals surface area contributed by atoms with Crippen LogP contribution in [0.2, 0.25) is 0 Å². The highest BCUT2D eigenvalue weighted by Gasteiger charge is 2.22. The summed E-state index contributed by atoms with van der Waals surface area (Å²) in [6, 6.07) is 2.08. The van der Waals surface area contributed by atoms with E-state index in [4.69, 9.17) is 0 Å². The average Bonchev–Trinajstić information content (AvgIpc) is 2.72. The largest absolute Gasteiger partial charge is 0.355 e. The molecular formula is C13H25IN4O2S2. The van der Waals surface area contributed by atoms with Crippen LogP contribution in [0.5, 0.6) is 0 Å². The van der Waals surface area contributed by atoms with Crippen molar-refractivity contribution in [2.45, 2.75) is 32.9 Å². The molecule has 1 aromatic rings. The van der Waals surface area contributed by atoms with Gasteiger partial charge in [0.2, 0.25) is 10.0 Å². The lowest BCUT2D eigenvalue weighted by atomic mass is 10.1. The fourth-order valence-electron chi connectivity index (χ4n) is 1.81. The number of hydrogen-bond acceptors (Lipinski definition) is 4. The van der Waals surface area contributed by atoms with Crippen LogP contribution in [-0.4, -0.2) is 39.8 Å². The van der Waals surface area contributed by atoms with Crippen LogP contribution in [0.25, 0.3) is 0 Å². The van der Waals surface area contributed by atoms with Gasteiger partial charge >= 0.3 is 0 Å². The first-order valence-corrected chi connectivity index (χ1v) is 9.36. The van der Waals surface area contributed by atoms with E-state index in [0.29, 0.717) is 19.0 Å². The highest BCUT2D eigenvalue weighted by Crippen LogP contribution is 2.14. The zero-order valence-electron chi connectivity index (χ0n) is 13.6. The Balaban J connectivity index is 0.00000441. The molecule has 0 unspecified atom stereocenters. The molecule has 1 aromatic heterocycles. The van der Waals surface area contributed by atoms with E-state index in [2.05, 4.69) is 38.7 Å². The predicted octanol–water partition coefficient (Wildman–Crippen LogP) is 1.67. The van der Waals surface area contributed by atoms with E-state index >= 15 is 0 Å². The number of sulfonamides is 1. The van der Waals surface area contributed by atoms with E-state index in [0.717, 1.165) is 6.26 Å². The lowest BCUT2D eigenvalue weighted by molar-refractivity contribution is 0.446. The van der Waals surface area contributed by atoms with Gasteiger partial charge in [-0.05, 0) is 37.8 Å². The quantitative estimate of drug-likeness (QED) is 0.343. The fraction of sp³-hybridized carbons (Fsp3) is 0.615. The number of hydrogen-bond donors (Lipinski definition) is 3. The minimum Gasteiger partial charge on any atom is -0.355 e. The van der Waals surface area contributed by atoms with Gasteiger partial charge in [0.15, 0.2) is 5.96 Å². The minimum atomic E-state index is -3.24. The number of nitrogens with one attached hydrogen (secondary N) is 3. The van der Waals surface area contributed by atoms with Gasteiger partial charge in [-0.25, -0.2) is 13.1 Å². The maximum absolute atomic E-state index is 11.3. The van der Waals surface area contributed by atoms with Crippen molar-refractivity contribution in [3.8, 4) is 0 Å². The van der Waals surface area contributed by atoms with E-state index in [1.807, 2.05) is 13.8 Å². The van der Waals surface area contributed by atoms with E-state index in [-0.39, 0.29) is 24.0 Å². The molecule has 3 N–H and O–H groups in total. The molecule has 0 amide bonds. The first-order valence-electron chi connectivity index (χ1n) is 6.59. The normalized spacial score (nSPS) is 12.7. The fourth-order valence-corrected chi connectivity index (χ4v) is 3.73. The molecule has 0 aliphatic heterocycles. The SMILES string of the molecule is CN=C(NCc1sccc1C)NCC(C)(C)NS(C)(=O)=O.I. The molecule has 0 aliphatic rings. The van der Waals surface area contributed by atoms with Gasteiger partial charge in [0.05, 0.1) is 12.8 Å². The summed E-state index contributed by atoms with van der Waals surface area (Å²) < 4.78 is 25.2. The van der Waals surface area contributed by atoms with Gasteiger partial charge in [-0.1, -0.05) is 0 Å². The van der Waals surface area contributed by atoms with Crippen LogP contribution in [-0.2, 0) is 16.6 Å². The Kier molecular flexibility index (Phi) is 8.88.